The van der Waals surface area contributed by atoms with E-state index in [1.807, 2.05) is 13.0 Å². The van der Waals surface area contributed by atoms with Crippen molar-refractivity contribution in [2.45, 2.75) is 26.3 Å². The maximum atomic E-state index is 13.3. The van der Waals surface area contributed by atoms with Crippen LogP contribution in [0.25, 0.3) is 5.76 Å². The predicted molar refractivity (Wildman–Crippen MR) is 132 cm³/mol. The lowest BCUT2D eigenvalue weighted by Crippen LogP contribution is -2.29. The van der Waals surface area contributed by atoms with Crippen LogP contribution in [0, 0.1) is 6.92 Å². The Morgan fingerprint density at radius 2 is 1.76 bits per heavy atom. The van der Waals surface area contributed by atoms with Crippen LogP contribution in [0.4, 0.5) is 18.9 Å². The Morgan fingerprint density at radius 3 is 2.38 bits per heavy atom. The average molecular weight is 532 g/mol. The third-order valence-electron chi connectivity index (χ3n) is 5.66. The van der Waals surface area contributed by atoms with Crippen molar-refractivity contribution in [3.63, 3.8) is 0 Å². The monoisotopic (exact) mass is 531 g/mol. The van der Waals surface area contributed by atoms with Gasteiger partial charge < -0.3 is 14.6 Å². The van der Waals surface area contributed by atoms with Gasteiger partial charge in [0.25, 0.3) is 11.7 Å². The van der Waals surface area contributed by atoms with E-state index in [1.54, 1.807) is 25.1 Å². The van der Waals surface area contributed by atoms with E-state index in [0.29, 0.717) is 17.2 Å². The second-order valence-electron chi connectivity index (χ2n) is 8.20. The van der Waals surface area contributed by atoms with Crippen LogP contribution in [0.1, 0.15) is 29.7 Å². The fourth-order valence-electron chi connectivity index (χ4n) is 4.14. The van der Waals surface area contributed by atoms with Crippen molar-refractivity contribution in [3.8, 4) is 11.5 Å². The molecular formula is C27H21ClF3NO5. The minimum absolute atomic E-state index is 0.147. The molecule has 1 atom stereocenters. The Morgan fingerprint density at radius 1 is 1.05 bits per heavy atom. The first kappa shape index (κ1) is 26.1. The molecule has 0 saturated carbocycles. The first-order chi connectivity index (χ1) is 17.5. The van der Waals surface area contributed by atoms with E-state index in [9.17, 15) is 27.9 Å². The zero-order valence-corrected chi connectivity index (χ0v) is 20.4. The molecule has 1 saturated heterocycles. The van der Waals surface area contributed by atoms with Crippen LogP contribution in [0.3, 0.4) is 0 Å². The maximum absolute atomic E-state index is 13.3. The number of hydrogen-bond donors (Lipinski definition) is 1. The molecule has 1 fully saturated rings. The van der Waals surface area contributed by atoms with Crippen molar-refractivity contribution in [2.75, 3.05) is 11.5 Å². The van der Waals surface area contributed by atoms with Gasteiger partial charge in [0.2, 0.25) is 0 Å². The summed E-state index contributed by atoms with van der Waals surface area (Å²) in [5, 5.41) is 11.6. The summed E-state index contributed by atoms with van der Waals surface area (Å²) in [5.41, 5.74) is 1.53. The summed E-state index contributed by atoms with van der Waals surface area (Å²) in [4.78, 5) is 27.6. The Labute approximate surface area is 215 Å². The standard InChI is InChI=1S/C27H21ClF3NO5/c1-3-36-21-14-17(7-12-20(21)28)24(33)22-23(16-6-4-5-15(2)13-16)32(26(35)25(22)34)18-8-10-19(11-9-18)37-27(29,30)31/h4-14,23,33H,3H2,1-2H3/b24-22-. The van der Waals surface area contributed by atoms with Crippen LogP contribution in [0.5, 0.6) is 11.5 Å². The number of carbonyl (C=O) groups excluding carboxylic acids is 2. The number of Topliss-reactive ketones (excluding diaryl/α,β-unsaturated/α-hetero) is 1. The van der Waals surface area contributed by atoms with E-state index in [0.717, 1.165) is 22.6 Å². The number of aryl methyl sites for hydroxylation is 1. The predicted octanol–water partition coefficient (Wildman–Crippen LogP) is 6.57. The number of aliphatic hydroxyl groups is 1. The summed E-state index contributed by atoms with van der Waals surface area (Å²) in [6, 6.07) is 15.0. The molecular weight excluding hydrogens is 511 g/mol. The molecule has 6 nitrogen and oxygen atoms in total. The van der Waals surface area contributed by atoms with E-state index in [4.69, 9.17) is 16.3 Å². The van der Waals surface area contributed by atoms with E-state index in [-0.39, 0.29) is 22.6 Å². The van der Waals surface area contributed by atoms with Crippen molar-refractivity contribution in [2.24, 2.45) is 0 Å². The van der Waals surface area contributed by atoms with Gasteiger partial charge in [-0.2, -0.15) is 0 Å². The minimum Gasteiger partial charge on any atom is -0.507 e. The molecule has 0 aliphatic carbocycles. The van der Waals surface area contributed by atoms with Gasteiger partial charge in [-0.1, -0.05) is 41.4 Å². The maximum Gasteiger partial charge on any atom is 0.573 e. The summed E-state index contributed by atoms with van der Waals surface area (Å²) in [6.07, 6.45) is -4.88. The SMILES string of the molecule is CCOc1cc(/C(O)=C2/C(=O)C(=O)N(c3ccc(OC(F)(F)F)cc3)C2c2cccc(C)c2)ccc1Cl. The van der Waals surface area contributed by atoms with E-state index in [2.05, 4.69) is 4.74 Å². The molecule has 1 aliphatic rings. The summed E-state index contributed by atoms with van der Waals surface area (Å²) < 4.78 is 47.2. The van der Waals surface area contributed by atoms with Gasteiger partial charge in [-0.15, -0.1) is 13.2 Å². The number of alkyl halides is 3. The van der Waals surface area contributed by atoms with Crippen LogP contribution in [-0.4, -0.2) is 29.8 Å². The molecule has 1 heterocycles. The van der Waals surface area contributed by atoms with E-state index in [1.165, 1.54) is 30.3 Å². The molecule has 0 bridgehead atoms. The number of carbonyl (C=O) groups is 2. The Hall–Kier alpha value is -3.98. The molecule has 1 N–H and O–H groups in total. The van der Waals surface area contributed by atoms with Gasteiger partial charge in [0.15, 0.2) is 0 Å². The molecule has 3 aromatic rings. The van der Waals surface area contributed by atoms with Gasteiger partial charge in [-0.3, -0.25) is 14.5 Å². The quantitative estimate of drug-likeness (QED) is 0.221. The van der Waals surface area contributed by atoms with Crippen molar-refractivity contribution >= 4 is 34.7 Å². The highest BCUT2D eigenvalue weighted by Crippen LogP contribution is 2.43. The van der Waals surface area contributed by atoms with Crippen LogP contribution >= 0.6 is 11.6 Å². The topological polar surface area (TPSA) is 76.1 Å². The molecule has 10 heteroatoms. The van der Waals surface area contributed by atoms with Crippen LogP contribution in [0.2, 0.25) is 5.02 Å². The number of benzene rings is 3. The lowest BCUT2D eigenvalue weighted by molar-refractivity contribution is -0.274. The second-order valence-corrected chi connectivity index (χ2v) is 8.61. The molecule has 0 aromatic heterocycles. The van der Waals surface area contributed by atoms with Crippen molar-refractivity contribution in [3.05, 3.63) is 94.0 Å². The van der Waals surface area contributed by atoms with Crippen LogP contribution in [-0.2, 0) is 9.59 Å². The Kier molecular flexibility index (Phi) is 7.18. The number of amides is 1. The van der Waals surface area contributed by atoms with Gasteiger partial charge >= 0.3 is 6.36 Å². The lowest BCUT2D eigenvalue weighted by Gasteiger charge is -2.26. The molecule has 37 heavy (non-hydrogen) atoms. The van der Waals surface area contributed by atoms with Gasteiger partial charge in [0, 0.05) is 11.3 Å². The lowest BCUT2D eigenvalue weighted by atomic mass is 9.94. The number of nitrogens with zero attached hydrogens (tertiary/aromatic N) is 1. The normalized spacial score (nSPS) is 17.2. The van der Waals surface area contributed by atoms with Gasteiger partial charge in [-0.25, -0.2) is 0 Å². The van der Waals surface area contributed by atoms with Gasteiger partial charge in [0.1, 0.15) is 17.3 Å². The molecule has 1 unspecified atom stereocenters. The molecule has 0 radical (unpaired) electrons. The number of anilines is 1. The molecule has 0 spiro atoms. The fraction of sp³-hybridized carbons (Fsp3) is 0.185. The van der Waals surface area contributed by atoms with E-state index >= 15 is 0 Å². The number of aliphatic hydroxyl groups excluding tert-OH is 1. The highest BCUT2D eigenvalue weighted by Gasteiger charge is 2.47. The van der Waals surface area contributed by atoms with E-state index < -0.39 is 35.6 Å². The Bertz CT molecular complexity index is 1390. The first-order valence-electron chi connectivity index (χ1n) is 11.2. The van der Waals surface area contributed by atoms with Crippen molar-refractivity contribution in [1.29, 1.82) is 0 Å². The van der Waals surface area contributed by atoms with Crippen molar-refractivity contribution in [1.82, 2.24) is 0 Å². The molecule has 4 rings (SSSR count). The summed E-state index contributed by atoms with van der Waals surface area (Å²) in [6.45, 7) is 3.90. The average Bonchev–Trinajstić information content (AvgIpc) is 3.10. The summed E-state index contributed by atoms with van der Waals surface area (Å²) in [5.74, 6) is -2.54. The van der Waals surface area contributed by atoms with Crippen LogP contribution in [0.15, 0.2) is 72.3 Å². The Balaban J connectivity index is 1.87. The third-order valence-corrected chi connectivity index (χ3v) is 5.97. The number of halogens is 4. The second kappa shape index (κ2) is 10.2. The smallest absolute Gasteiger partial charge is 0.507 e. The minimum atomic E-state index is -4.88. The number of rotatable bonds is 6. The number of ketones is 1. The molecule has 1 aliphatic heterocycles. The van der Waals surface area contributed by atoms with Crippen molar-refractivity contribution < 1.29 is 37.3 Å². The van der Waals surface area contributed by atoms with Gasteiger partial charge in [0.05, 0.1) is 23.2 Å². The highest BCUT2D eigenvalue weighted by molar-refractivity contribution is 6.51. The summed E-state index contributed by atoms with van der Waals surface area (Å²) in [7, 11) is 0. The molecule has 192 valence electrons. The van der Waals surface area contributed by atoms with Crippen LogP contribution < -0.4 is 14.4 Å². The number of ether oxygens (including phenoxy) is 2. The third kappa shape index (κ3) is 5.41. The molecule has 3 aromatic carbocycles. The zero-order chi connectivity index (χ0) is 26.9. The van der Waals surface area contributed by atoms with Gasteiger partial charge in [-0.05, 0) is 61.9 Å². The highest BCUT2D eigenvalue weighted by atomic mass is 35.5. The zero-order valence-electron chi connectivity index (χ0n) is 19.7. The molecule has 1 amide bonds. The summed E-state index contributed by atoms with van der Waals surface area (Å²) >= 11 is 6.16. The largest absolute Gasteiger partial charge is 0.573 e. The number of hydrogen-bond acceptors (Lipinski definition) is 5. The first-order valence-corrected chi connectivity index (χ1v) is 11.5. The fourth-order valence-corrected chi connectivity index (χ4v) is 4.31.